The lowest BCUT2D eigenvalue weighted by molar-refractivity contribution is 0.318. The molecule has 0 amide bonds. The van der Waals surface area contributed by atoms with Gasteiger partial charge in [0.2, 0.25) is 6.69 Å². The third-order valence-corrected chi connectivity index (χ3v) is 0.463. The van der Waals surface area contributed by atoms with Crippen molar-refractivity contribution in [1.29, 1.82) is 0 Å². The van der Waals surface area contributed by atoms with Crippen molar-refractivity contribution in [1.82, 2.24) is 0 Å². The first-order valence-corrected chi connectivity index (χ1v) is 2.79. The van der Waals surface area contributed by atoms with E-state index in [1.165, 1.54) is 0 Å². The van der Waals surface area contributed by atoms with Crippen LogP contribution >= 0.6 is 11.5 Å². The fourth-order valence-electron chi connectivity index (χ4n) is 0. The third kappa shape index (κ3) is 68.0. The second kappa shape index (κ2) is 16.2. The Kier molecular flexibility index (Phi) is 23.9. The van der Waals surface area contributed by atoms with Crippen LogP contribution in [0.15, 0.2) is 0 Å². The highest BCUT2D eigenvalue weighted by atomic mass is 35.5. The summed E-state index contributed by atoms with van der Waals surface area (Å²) in [6.45, 7) is 5.52. The van der Waals surface area contributed by atoms with E-state index in [9.17, 15) is 0 Å². The maximum absolute atomic E-state index is 7.57. The molecular weight excluding hydrogens is 110 g/mol. The van der Waals surface area contributed by atoms with Gasteiger partial charge < -0.3 is 5.11 Å². The van der Waals surface area contributed by atoms with E-state index in [0.717, 1.165) is 6.32 Å². The van der Waals surface area contributed by atoms with Gasteiger partial charge in [0.1, 0.15) is 0 Å². The van der Waals surface area contributed by atoms with Crippen LogP contribution in [0.3, 0.4) is 0 Å². The molecule has 0 saturated heterocycles. The quantitative estimate of drug-likeness (QED) is 0.518. The number of halogens is 1. The van der Waals surface area contributed by atoms with Crippen molar-refractivity contribution in [2.75, 3.05) is 6.61 Å². The Morgan fingerprint density at radius 2 is 1.71 bits per heavy atom. The molecular formula is C4H11BClO. The Bertz CT molecular complexity index is 19.2. The van der Waals surface area contributed by atoms with Crippen LogP contribution < -0.4 is 0 Å². The van der Waals surface area contributed by atoms with Crippen LogP contribution in [0.4, 0.5) is 0 Å². The van der Waals surface area contributed by atoms with E-state index in [0.29, 0.717) is 0 Å². The second-order valence-corrected chi connectivity index (χ2v) is 1.19. The first-order valence-electron chi connectivity index (χ1n) is 2.36. The van der Waals surface area contributed by atoms with E-state index in [1.54, 1.807) is 13.6 Å². The number of aliphatic hydroxyl groups excluding tert-OH is 1. The molecule has 1 radical (unpaired) electrons. The topological polar surface area (TPSA) is 20.2 Å². The summed E-state index contributed by atoms with van der Waals surface area (Å²) in [7, 11) is 0. The Balaban J connectivity index is 0. The van der Waals surface area contributed by atoms with Crippen LogP contribution in [0.1, 0.15) is 13.8 Å². The zero-order chi connectivity index (χ0) is 6.12. The van der Waals surface area contributed by atoms with Crippen molar-refractivity contribution in [3.05, 3.63) is 0 Å². The lowest BCUT2D eigenvalue weighted by Crippen LogP contribution is -1.61. The van der Waals surface area contributed by atoms with Gasteiger partial charge in [0.15, 0.2) is 0 Å². The average Bonchev–Trinajstić information content (AvgIpc) is 1.69. The Morgan fingerprint density at radius 3 is 1.71 bits per heavy atom. The molecule has 0 aromatic rings. The predicted molar refractivity (Wildman–Crippen MR) is 34.8 cm³/mol. The average molecular weight is 121 g/mol. The summed E-state index contributed by atoms with van der Waals surface area (Å²) >= 11 is 5.06. The fourth-order valence-corrected chi connectivity index (χ4v) is 0. The molecule has 0 aliphatic rings. The summed E-state index contributed by atoms with van der Waals surface area (Å²) in [4.78, 5) is 0. The van der Waals surface area contributed by atoms with Gasteiger partial charge in [-0.25, -0.2) is 11.5 Å². The summed E-state index contributed by atoms with van der Waals surface area (Å²) in [6.07, 6.45) is 0.960. The lowest BCUT2D eigenvalue weighted by atomic mass is 10.1. The van der Waals surface area contributed by atoms with E-state index in [2.05, 4.69) is 0 Å². The molecule has 0 aromatic heterocycles. The Hall–Kier alpha value is 0.315. The van der Waals surface area contributed by atoms with Crippen molar-refractivity contribution in [3.63, 3.8) is 0 Å². The number of hydrogen-bond donors (Lipinski definition) is 1. The highest BCUT2D eigenvalue weighted by Crippen LogP contribution is 1.73. The minimum absolute atomic E-state index is 0.250. The van der Waals surface area contributed by atoms with Crippen LogP contribution in [0.5, 0.6) is 0 Å². The van der Waals surface area contributed by atoms with Crippen LogP contribution in [-0.4, -0.2) is 18.4 Å². The molecule has 0 aliphatic carbocycles. The van der Waals surface area contributed by atoms with E-state index >= 15 is 0 Å². The monoisotopic (exact) mass is 121 g/mol. The molecule has 43 valence electrons. The lowest BCUT2D eigenvalue weighted by Gasteiger charge is -1.60. The SMILES string of the molecule is CCO.CC[B]Cl. The molecule has 7 heavy (non-hydrogen) atoms. The Morgan fingerprint density at radius 1 is 1.57 bits per heavy atom. The second-order valence-electron chi connectivity index (χ2n) is 0.879. The predicted octanol–water partition coefficient (Wildman–Crippen LogP) is 1.28. The van der Waals surface area contributed by atoms with Gasteiger partial charge in [0.05, 0.1) is 0 Å². The molecule has 3 heteroatoms. The van der Waals surface area contributed by atoms with E-state index < -0.39 is 0 Å². The van der Waals surface area contributed by atoms with Gasteiger partial charge >= 0.3 is 0 Å². The molecule has 0 spiro atoms. The molecule has 1 N–H and O–H groups in total. The zero-order valence-electron chi connectivity index (χ0n) is 4.82. The van der Waals surface area contributed by atoms with Crippen LogP contribution in [0, 0.1) is 0 Å². The minimum Gasteiger partial charge on any atom is -0.397 e. The molecule has 0 atom stereocenters. The molecule has 0 aliphatic heterocycles. The van der Waals surface area contributed by atoms with Crippen molar-refractivity contribution < 1.29 is 5.11 Å². The van der Waals surface area contributed by atoms with Crippen molar-refractivity contribution >= 4 is 18.2 Å². The van der Waals surface area contributed by atoms with E-state index in [1.807, 2.05) is 6.92 Å². The summed E-state index contributed by atoms with van der Waals surface area (Å²) in [5.74, 6) is 0. The first-order chi connectivity index (χ1) is 3.33. The number of aliphatic hydroxyl groups is 1. The summed E-state index contributed by atoms with van der Waals surface area (Å²) in [6, 6.07) is 0. The van der Waals surface area contributed by atoms with Crippen LogP contribution in [0.25, 0.3) is 0 Å². The Labute approximate surface area is 50.8 Å². The first kappa shape index (κ1) is 10.3. The van der Waals surface area contributed by atoms with Gasteiger partial charge in [0.25, 0.3) is 0 Å². The molecule has 0 heterocycles. The summed E-state index contributed by atoms with van der Waals surface area (Å²) in [5, 5.41) is 7.57. The van der Waals surface area contributed by atoms with Crippen molar-refractivity contribution in [2.24, 2.45) is 0 Å². The number of rotatable bonds is 1. The van der Waals surface area contributed by atoms with Gasteiger partial charge in [-0.3, -0.25) is 0 Å². The minimum atomic E-state index is 0.250. The molecule has 1 nitrogen and oxygen atoms in total. The molecule has 0 rings (SSSR count). The van der Waals surface area contributed by atoms with Crippen molar-refractivity contribution in [3.8, 4) is 0 Å². The maximum atomic E-state index is 7.57. The molecule has 0 bridgehead atoms. The number of hydrogen-bond acceptors (Lipinski definition) is 1. The third-order valence-electron chi connectivity index (χ3n) is 0.154. The summed E-state index contributed by atoms with van der Waals surface area (Å²) in [5.41, 5.74) is 0. The smallest absolute Gasteiger partial charge is 0.238 e. The molecule has 0 fully saturated rings. The summed E-state index contributed by atoms with van der Waals surface area (Å²) < 4.78 is 0. The fraction of sp³-hybridized carbons (Fsp3) is 1.00. The molecule has 0 aromatic carbocycles. The van der Waals surface area contributed by atoms with E-state index in [-0.39, 0.29) is 6.61 Å². The van der Waals surface area contributed by atoms with Crippen molar-refractivity contribution in [2.45, 2.75) is 20.2 Å². The van der Waals surface area contributed by atoms with Crippen LogP contribution in [-0.2, 0) is 0 Å². The van der Waals surface area contributed by atoms with E-state index in [4.69, 9.17) is 16.6 Å². The van der Waals surface area contributed by atoms with Gasteiger partial charge in [-0.2, -0.15) is 0 Å². The molecule has 0 unspecified atom stereocenters. The zero-order valence-corrected chi connectivity index (χ0v) is 5.57. The molecule has 0 saturated carbocycles. The largest absolute Gasteiger partial charge is 0.397 e. The maximum Gasteiger partial charge on any atom is 0.238 e. The highest BCUT2D eigenvalue weighted by Gasteiger charge is 1.65. The van der Waals surface area contributed by atoms with Gasteiger partial charge in [-0.05, 0) is 6.92 Å². The van der Waals surface area contributed by atoms with Gasteiger partial charge in [-0.1, -0.05) is 13.2 Å². The standard InChI is InChI=1S/C2H5BCl.C2H6O/c1-2-3-4;1-2-3/h2H2,1H3;3H,2H2,1H3. The normalized spacial score (nSPS) is 6.29. The van der Waals surface area contributed by atoms with Crippen LogP contribution in [0.2, 0.25) is 6.32 Å². The van der Waals surface area contributed by atoms with Gasteiger partial charge in [-0.15, -0.1) is 0 Å². The van der Waals surface area contributed by atoms with Gasteiger partial charge in [0, 0.05) is 6.61 Å². The highest BCUT2D eigenvalue weighted by molar-refractivity contribution is 6.93.